The van der Waals surface area contributed by atoms with Gasteiger partial charge in [-0.2, -0.15) is 5.10 Å². The largest absolute Gasteiger partial charge is 0.396 e. The van der Waals surface area contributed by atoms with Gasteiger partial charge in [0.2, 0.25) is 0 Å². The molecular weight excluding hydrogens is 354 g/mol. The number of carbonyl (C=O) groups excluding carboxylic acids is 1. The van der Waals surface area contributed by atoms with E-state index in [4.69, 9.17) is 0 Å². The van der Waals surface area contributed by atoms with Crippen molar-refractivity contribution in [3.05, 3.63) is 41.7 Å². The maximum Gasteiger partial charge on any atom is 0.321 e. The van der Waals surface area contributed by atoms with E-state index < -0.39 is 0 Å². The van der Waals surface area contributed by atoms with Gasteiger partial charge >= 0.3 is 6.03 Å². The molecule has 0 radical (unpaired) electrons. The molecule has 0 aliphatic carbocycles. The van der Waals surface area contributed by atoms with Crippen LogP contribution in [-0.2, 0) is 0 Å². The number of aliphatic hydroxyl groups is 1. The van der Waals surface area contributed by atoms with Crippen molar-refractivity contribution in [2.24, 2.45) is 5.41 Å². The minimum absolute atomic E-state index is 0.0807. The maximum absolute atomic E-state index is 13.0. The monoisotopic (exact) mass is 385 g/mol. The van der Waals surface area contributed by atoms with Crippen molar-refractivity contribution >= 4 is 11.7 Å². The minimum atomic E-state index is -0.270. The molecule has 0 unspecified atom stereocenters. The Bertz CT molecular complexity index is 832. The zero-order valence-electron chi connectivity index (χ0n) is 17.3. The smallest absolute Gasteiger partial charge is 0.321 e. The van der Waals surface area contributed by atoms with Gasteiger partial charge in [-0.3, -0.25) is 0 Å². The number of aliphatic hydroxyl groups excluding tert-OH is 1. The summed E-state index contributed by atoms with van der Waals surface area (Å²) in [5.74, 6) is 0. The van der Waals surface area contributed by atoms with Crippen LogP contribution in [0.5, 0.6) is 0 Å². The van der Waals surface area contributed by atoms with Crippen LogP contribution in [0.2, 0.25) is 0 Å². The van der Waals surface area contributed by atoms with E-state index in [2.05, 4.69) is 15.3 Å². The van der Waals surface area contributed by atoms with Crippen LogP contribution >= 0.6 is 0 Å². The van der Waals surface area contributed by atoms with Crippen molar-refractivity contribution in [2.45, 2.75) is 26.7 Å². The molecular formula is C21H31N5O2. The number of hydrogen-bond acceptors (Lipinski definition) is 4. The van der Waals surface area contributed by atoms with Crippen LogP contribution in [0.4, 0.5) is 10.5 Å². The van der Waals surface area contributed by atoms with E-state index in [0.29, 0.717) is 13.1 Å². The lowest BCUT2D eigenvalue weighted by Crippen LogP contribution is -2.52. The van der Waals surface area contributed by atoms with Gasteiger partial charge in [-0.1, -0.05) is 12.1 Å². The van der Waals surface area contributed by atoms with Crippen LogP contribution < -0.4 is 5.32 Å². The lowest BCUT2D eigenvalue weighted by molar-refractivity contribution is 0.0294. The van der Waals surface area contributed by atoms with Crippen LogP contribution in [0.3, 0.4) is 0 Å². The Hall–Kier alpha value is -2.38. The molecule has 28 heavy (non-hydrogen) atoms. The number of urea groups is 1. The van der Waals surface area contributed by atoms with Crippen molar-refractivity contribution in [1.82, 2.24) is 19.6 Å². The first kappa shape index (κ1) is 20.4. The fourth-order valence-electron chi connectivity index (χ4n) is 4.19. The summed E-state index contributed by atoms with van der Waals surface area (Å²) in [6.07, 6.45) is 1.81. The lowest BCUT2D eigenvalue weighted by Gasteiger charge is -2.43. The molecule has 7 nitrogen and oxygen atoms in total. The highest BCUT2D eigenvalue weighted by Gasteiger charge is 2.37. The molecule has 1 aliphatic rings. The zero-order valence-corrected chi connectivity index (χ0v) is 17.3. The number of anilines is 1. The van der Waals surface area contributed by atoms with Crippen LogP contribution in [0.1, 0.15) is 24.2 Å². The predicted molar refractivity (Wildman–Crippen MR) is 111 cm³/mol. The molecule has 2 heterocycles. The SMILES string of the molecule is Cc1cc(C)n(-c2ccccc2NC(=O)N2CCC[C@@](CO)(CN(C)C)C2)n1. The molecule has 2 aromatic rings. The number of aryl methyl sites for hydroxylation is 2. The standard InChI is InChI=1S/C21H31N5O2/c1-16-12-17(2)26(23-16)19-9-6-5-8-18(19)22-20(28)25-11-7-10-21(14-25,15-27)13-24(3)4/h5-6,8-9,12,27H,7,10-11,13-15H2,1-4H3,(H,22,28)/t21-/m1/s1. The van der Waals surface area contributed by atoms with Gasteiger partial charge in [0.05, 0.1) is 23.7 Å². The van der Waals surface area contributed by atoms with Crippen molar-refractivity contribution in [3.63, 3.8) is 0 Å². The normalized spacial score (nSPS) is 19.9. The highest BCUT2D eigenvalue weighted by atomic mass is 16.3. The number of aromatic nitrogens is 2. The summed E-state index contributed by atoms with van der Waals surface area (Å²) in [7, 11) is 4.00. The van der Waals surface area contributed by atoms with E-state index in [1.165, 1.54) is 0 Å². The molecule has 1 aromatic heterocycles. The number of amides is 2. The van der Waals surface area contributed by atoms with Crippen molar-refractivity contribution in [2.75, 3.05) is 45.7 Å². The fourth-order valence-corrected chi connectivity index (χ4v) is 4.19. The highest BCUT2D eigenvalue weighted by molar-refractivity contribution is 5.91. The Kier molecular flexibility index (Phi) is 6.05. The second-order valence-electron chi connectivity index (χ2n) is 8.21. The Morgan fingerprint density at radius 2 is 2.07 bits per heavy atom. The summed E-state index contributed by atoms with van der Waals surface area (Å²) in [5, 5.41) is 17.6. The number of carbonyl (C=O) groups is 1. The van der Waals surface area contributed by atoms with Crippen molar-refractivity contribution < 1.29 is 9.90 Å². The van der Waals surface area contributed by atoms with Gasteiger partial charge in [-0.15, -0.1) is 0 Å². The fraction of sp³-hybridized carbons (Fsp3) is 0.524. The summed E-state index contributed by atoms with van der Waals surface area (Å²) in [5.41, 5.74) is 3.26. The maximum atomic E-state index is 13.0. The average molecular weight is 386 g/mol. The molecule has 152 valence electrons. The summed E-state index contributed by atoms with van der Waals surface area (Å²) in [6, 6.07) is 9.58. The molecule has 1 atom stereocenters. The first-order chi connectivity index (χ1) is 13.3. The number of nitrogens with one attached hydrogen (secondary N) is 1. The topological polar surface area (TPSA) is 73.6 Å². The Labute approximate surface area is 166 Å². The highest BCUT2D eigenvalue weighted by Crippen LogP contribution is 2.31. The van der Waals surface area contributed by atoms with E-state index in [1.54, 1.807) is 0 Å². The lowest BCUT2D eigenvalue weighted by atomic mass is 9.80. The predicted octanol–water partition coefficient (Wildman–Crippen LogP) is 2.66. The van der Waals surface area contributed by atoms with Crippen LogP contribution in [0.15, 0.2) is 30.3 Å². The first-order valence-electron chi connectivity index (χ1n) is 9.78. The summed E-state index contributed by atoms with van der Waals surface area (Å²) >= 11 is 0. The van der Waals surface area contributed by atoms with Gasteiger partial charge in [0, 0.05) is 30.7 Å². The average Bonchev–Trinajstić information content (AvgIpc) is 2.99. The summed E-state index contributed by atoms with van der Waals surface area (Å²) in [4.78, 5) is 16.9. The van der Waals surface area contributed by atoms with Gasteiger partial charge in [0.15, 0.2) is 0 Å². The number of likely N-dealkylation sites (tertiary alicyclic amines) is 1. The van der Waals surface area contributed by atoms with Crippen molar-refractivity contribution in [1.29, 1.82) is 0 Å². The van der Waals surface area contributed by atoms with E-state index in [0.717, 1.165) is 42.1 Å². The second-order valence-corrected chi connectivity index (χ2v) is 8.21. The molecule has 0 saturated carbocycles. The molecule has 2 amide bonds. The van der Waals surface area contributed by atoms with Crippen LogP contribution in [0, 0.1) is 19.3 Å². The quantitative estimate of drug-likeness (QED) is 0.830. The summed E-state index contributed by atoms with van der Waals surface area (Å²) in [6.45, 7) is 6.04. The van der Waals surface area contributed by atoms with Gasteiger partial charge in [-0.25, -0.2) is 9.48 Å². The molecule has 7 heteroatoms. The van der Waals surface area contributed by atoms with Crippen LogP contribution in [-0.4, -0.2) is 71.1 Å². The second kappa shape index (κ2) is 8.32. The molecule has 0 bridgehead atoms. The molecule has 2 N–H and O–H groups in total. The van der Waals surface area contributed by atoms with Gasteiger partial charge in [-0.05, 0) is 59.0 Å². The number of rotatable bonds is 5. The van der Waals surface area contributed by atoms with E-state index in [9.17, 15) is 9.90 Å². The zero-order chi connectivity index (χ0) is 20.3. The molecule has 1 saturated heterocycles. The van der Waals surface area contributed by atoms with Gasteiger partial charge < -0.3 is 20.2 Å². The third-order valence-electron chi connectivity index (χ3n) is 5.32. The first-order valence-corrected chi connectivity index (χ1v) is 9.78. The number of para-hydroxylation sites is 2. The Morgan fingerprint density at radius 3 is 2.71 bits per heavy atom. The molecule has 1 aromatic carbocycles. The van der Waals surface area contributed by atoms with E-state index in [-0.39, 0.29) is 18.1 Å². The van der Waals surface area contributed by atoms with E-state index >= 15 is 0 Å². The number of hydrogen-bond donors (Lipinski definition) is 2. The molecule has 1 fully saturated rings. The molecule has 1 aliphatic heterocycles. The summed E-state index contributed by atoms with van der Waals surface area (Å²) < 4.78 is 1.85. The number of piperidine rings is 1. The Morgan fingerprint density at radius 1 is 1.32 bits per heavy atom. The number of nitrogens with zero attached hydrogens (tertiary/aromatic N) is 4. The molecule has 0 spiro atoms. The van der Waals surface area contributed by atoms with Crippen molar-refractivity contribution in [3.8, 4) is 5.69 Å². The minimum Gasteiger partial charge on any atom is -0.396 e. The third kappa shape index (κ3) is 4.36. The number of benzene rings is 1. The Balaban J connectivity index is 1.79. The van der Waals surface area contributed by atoms with Gasteiger partial charge in [0.25, 0.3) is 0 Å². The van der Waals surface area contributed by atoms with Crippen LogP contribution in [0.25, 0.3) is 5.69 Å². The van der Waals surface area contributed by atoms with E-state index in [1.807, 2.05) is 67.9 Å². The van der Waals surface area contributed by atoms with Gasteiger partial charge in [0.1, 0.15) is 0 Å². The third-order valence-corrected chi connectivity index (χ3v) is 5.32. The molecule has 3 rings (SSSR count).